The molecule has 1 fully saturated rings. The Bertz CT molecular complexity index is 636. The Labute approximate surface area is 123 Å². The molecular formula is C13H12N2O3S2. The average molecular weight is 308 g/mol. The van der Waals surface area contributed by atoms with Crippen LogP contribution in [0.1, 0.15) is 22.5 Å². The number of aliphatic carboxylic acids is 1. The molecule has 0 saturated carbocycles. The second-order valence-corrected chi connectivity index (χ2v) is 6.48. The molecule has 104 valence electrons. The SMILES string of the molecule is O=C(O)C1CCCN1C(=O)c1cnc(-c2cccs2)s1. The molecular weight excluding hydrogens is 296 g/mol. The van der Waals surface area contributed by atoms with E-state index in [1.165, 1.54) is 16.2 Å². The van der Waals surface area contributed by atoms with Crippen molar-refractivity contribution in [1.29, 1.82) is 0 Å². The van der Waals surface area contributed by atoms with Gasteiger partial charge in [0.2, 0.25) is 0 Å². The summed E-state index contributed by atoms with van der Waals surface area (Å²) >= 11 is 2.88. The summed E-state index contributed by atoms with van der Waals surface area (Å²) in [5.41, 5.74) is 0. The van der Waals surface area contributed by atoms with E-state index in [9.17, 15) is 9.59 Å². The first-order valence-electron chi connectivity index (χ1n) is 6.20. The summed E-state index contributed by atoms with van der Waals surface area (Å²) in [4.78, 5) is 30.7. The number of carboxylic acid groups (broad SMARTS) is 1. The first-order chi connectivity index (χ1) is 9.66. The van der Waals surface area contributed by atoms with E-state index in [-0.39, 0.29) is 5.91 Å². The van der Waals surface area contributed by atoms with Gasteiger partial charge in [-0.2, -0.15) is 0 Å². The fraction of sp³-hybridized carbons (Fsp3) is 0.308. The number of likely N-dealkylation sites (tertiary alicyclic amines) is 1. The highest BCUT2D eigenvalue weighted by atomic mass is 32.1. The van der Waals surface area contributed by atoms with Gasteiger partial charge in [-0.05, 0) is 24.3 Å². The van der Waals surface area contributed by atoms with Crippen LogP contribution in [0.3, 0.4) is 0 Å². The van der Waals surface area contributed by atoms with Gasteiger partial charge < -0.3 is 10.0 Å². The van der Waals surface area contributed by atoms with E-state index in [4.69, 9.17) is 5.11 Å². The summed E-state index contributed by atoms with van der Waals surface area (Å²) in [6, 6.07) is 3.19. The summed E-state index contributed by atoms with van der Waals surface area (Å²) < 4.78 is 0. The molecule has 20 heavy (non-hydrogen) atoms. The lowest BCUT2D eigenvalue weighted by Crippen LogP contribution is -2.40. The van der Waals surface area contributed by atoms with Crippen molar-refractivity contribution in [2.75, 3.05) is 6.54 Å². The summed E-state index contributed by atoms with van der Waals surface area (Å²) in [5, 5.41) is 11.9. The largest absolute Gasteiger partial charge is 0.480 e. The van der Waals surface area contributed by atoms with Gasteiger partial charge in [0.25, 0.3) is 5.91 Å². The Balaban J connectivity index is 1.83. The first kappa shape index (κ1) is 13.3. The van der Waals surface area contributed by atoms with Crippen molar-refractivity contribution < 1.29 is 14.7 Å². The molecule has 2 aromatic heterocycles. The molecule has 7 heteroatoms. The molecule has 1 atom stereocenters. The number of carbonyl (C=O) groups excluding carboxylic acids is 1. The molecule has 0 spiro atoms. The van der Waals surface area contributed by atoms with E-state index in [1.807, 2.05) is 17.5 Å². The molecule has 1 unspecified atom stereocenters. The highest BCUT2D eigenvalue weighted by Gasteiger charge is 2.35. The van der Waals surface area contributed by atoms with Crippen molar-refractivity contribution in [3.63, 3.8) is 0 Å². The van der Waals surface area contributed by atoms with Gasteiger partial charge in [0.15, 0.2) is 0 Å². The molecule has 3 heterocycles. The molecule has 1 N–H and O–H groups in total. The van der Waals surface area contributed by atoms with Crippen LogP contribution in [0, 0.1) is 0 Å². The molecule has 0 aromatic carbocycles. The number of thiazole rings is 1. The summed E-state index contributed by atoms with van der Waals surface area (Å²) in [7, 11) is 0. The highest BCUT2D eigenvalue weighted by molar-refractivity contribution is 7.21. The van der Waals surface area contributed by atoms with Gasteiger partial charge in [-0.1, -0.05) is 6.07 Å². The molecule has 0 radical (unpaired) electrons. The van der Waals surface area contributed by atoms with E-state index in [0.717, 1.165) is 16.3 Å². The predicted molar refractivity (Wildman–Crippen MR) is 77.1 cm³/mol. The van der Waals surface area contributed by atoms with E-state index < -0.39 is 12.0 Å². The smallest absolute Gasteiger partial charge is 0.326 e. The molecule has 1 aliphatic rings. The van der Waals surface area contributed by atoms with E-state index in [2.05, 4.69) is 4.98 Å². The quantitative estimate of drug-likeness (QED) is 0.946. The average Bonchev–Trinajstić information content (AvgIpc) is 3.17. The maximum atomic E-state index is 12.4. The minimum absolute atomic E-state index is 0.227. The highest BCUT2D eigenvalue weighted by Crippen LogP contribution is 2.30. The monoisotopic (exact) mass is 308 g/mol. The van der Waals surface area contributed by atoms with E-state index >= 15 is 0 Å². The zero-order chi connectivity index (χ0) is 14.1. The number of amides is 1. The number of hydrogen-bond donors (Lipinski definition) is 1. The van der Waals surface area contributed by atoms with E-state index in [0.29, 0.717) is 17.8 Å². The zero-order valence-electron chi connectivity index (χ0n) is 10.5. The zero-order valence-corrected chi connectivity index (χ0v) is 12.1. The predicted octanol–water partition coefficient (Wildman–Crippen LogP) is 2.56. The normalized spacial score (nSPS) is 18.4. The van der Waals surface area contributed by atoms with Crippen LogP contribution in [0.15, 0.2) is 23.7 Å². The number of aromatic nitrogens is 1. The lowest BCUT2D eigenvalue weighted by atomic mass is 10.2. The van der Waals surface area contributed by atoms with Crippen LogP contribution in [0.4, 0.5) is 0 Å². The van der Waals surface area contributed by atoms with Gasteiger partial charge in [-0.3, -0.25) is 4.79 Å². The Kier molecular flexibility index (Phi) is 3.54. The van der Waals surface area contributed by atoms with Gasteiger partial charge >= 0.3 is 5.97 Å². The summed E-state index contributed by atoms with van der Waals surface area (Å²) in [6.45, 7) is 0.502. The molecule has 5 nitrogen and oxygen atoms in total. The third-order valence-electron chi connectivity index (χ3n) is 3.25. The standard InChI is InChI=1S/C13H12N2O3S2/c16-12(15-5-1-3-8(15)13(17)18)10-7-14-11(20-10)9-4-2-6-19-9/h2,4,6-8H,1,3,5H2,(H,17,18). The number of carbonyl (C=O) groups is 2. The minimum atomic E-state index is -0.932. The fourth-order valence-electron chi connectivity index (χ4n) is 2.30. The van der Waals surface area contributed by atoms with Crippen LogP contribution in [-0.2, 0) is 4.79 Å². The third-order valence-corrected chi connectivity index (χ3v) is 5.27. The van der Waals surface area contributed by atoms with Gasteiger partial charge in [0, 0.05) is 6.54 Å². The Morgan fingerprint density at radius 1 is 1.45 bits per heavy atom. The van der Waals surface area contributed by atoms with Crippen molar-refractivity contribution in [3.8, 4) is 9.88 Å². The molecule has 1 amide bonds. The Morgan fingerprint density at radius 3 is 3.00 bits per heavy atom. The summed E-state index contributed by atoms with van der Waals surface area (Å²) in [5.74, 6) is -1.16. The van der Waals surface area contributed by atoms with Crippen molar-refractivity contribution in [1.82, 2.24) is 9.88 Å². The lowest BCUT2D eigenvalue weighted by Gasteiger charge is -2.20. The van der Waals surface area contributed by atoms with Crippen LogP contribution in [0.5, 0.6) is 0 Å². The molecule has 3 rings (SSSR count). The lowest BCUT2D eigenvalue weighted by molar-refractivity contribution is -0.141. The first-order valence-corrected chi connectivity index (χ1v) is 7.90. The fourth-order valence-corrected chi connectivity index (χ4v) is 3.97. The van der Waals surface area contributed by atoms with E-state index in [1.54, 1.807) is 17.5 Å². The number of thiophene rings is 1. The maximum Gasteiger partial charge on any atom is 0.326 e. The second kappa shape index (κ2) is 5.34. The van der Waals surface area contributed by atoms with Crippen molar-refractivity contribution in [3.05, 3.63) is 28.6 Å². The molecule has 1 saturated heterocycles. The molecule has 0 aliphatic carbocycles. The minimum Gasteiger partial charge on any atom is -0.480 e. The van der Waals surface area contributed by atoms with Gasteiger partial charge in [0.05, 0.1) is 11.1 Å². The Hall–Kier alpha value is -1.73. The molecule has 0 bridgehead atoms. The van der Waals surface area contributed by atoms with Gasteiger partial charge in [-0.15, -0.1) is 22.7 Å². The topological polar surface area (TPSA) is 70.5 Å². The van der Waals surface area contributed by atoms with Crippen LogP contribution in [0.25, 0.3) is 9.88 Å². The van der Waals surface area contributed by atoms with Crippen LogP contribution >= 0.6 is 22.7 Å². The molecule has 2 aromatic rings. The molecule has 1 aliphatic heterocycles. The third kappa shape index (κ3) is 2.34. The van der Waals surface area contributed by atoms with Crippen molar-refractivity contribution in [2.24, 2.45) is 0 Å². The van der Waals surface area contributed by atoms with Crippen molar-refractivity contribution >= 4 is 34.6 Å². The number of hydrogen-bond acceptors (Lipinski definition) is 5. The van der Waals surface area contributed by atoms with Crippen LogP contribution in [-0.4, -0.2) is 39.5 Å². The number of carboxylic acids is 1. The second-order valence-electron chi connectivity index (χ2n) is 4.50. The van der Waals surface area contributed by atoms with Gasteiger partial charge in [0.1, 0.15) is 15.9 Å². The van der Waals surface area contributed by atoms with Crippen LogP contribution in [0.2, 0.25) is 0 Å². The van der Waals surface area contributed by atoms with Crippen LogP contribution < -0.4 is 0 Å². The number of rotatable bonds is 3. The van der Waals surface area contributed by atoms with Gasteiger partial charge in [-0.25, -0.2) is 9.78 Å². The van der Waals surface area contributed by atoms with Crippen molar-refractivity contribution in [2.45, 2.75) is 18.9 Å². The Morgan fingerprint density at radius 2 is 2.30 bits per heavy atom. The maximum absolute atomic E-state index is 12.4. The summed E-state index contributed by atoms with van der Waals surface area (Å²) in [6.07, 6.45) is 2.80. The number of nitrogens with zero attached hydrogens (tertiary/aromatic N) is 2.